The quantitative estimate of drug-likeness (QED) is 0.568. The third kappa shape index (κ3) is 6.09. The lowest BCUT2D eigenvalue weighted by molar-refractivity contribution is -0.157. The summed E-state index contributed by atoms with van der Waals surface area (Å²) < 4.78 is 17.1. The van der Waals surface area contributed by atoms with Gasteiger partial charge in [-0.3, -0.25) is 9.59 Å². The first-order valence-corrected chi connectivity index (χ1v) is 8.60. The van der Waals surface area contributed by atoms with Gasteiger partial charge in [0.25, 0.3) is 0 Å². The van der Waals surface area contributed by atoms with Crippen LogP contribution in [0.3, 0.4) is 0 Å². The van der Waals surface area contributed by atoms with Gasteiger partial charge in [0.05, 0.1) is 17.6 Å². The van der Waals surface area contributed by atoms with E-state index in [1.807, 2.05) is 27.7 Å². The Labute approximate surface area is 145 Å². The summed E-state index contributed by atoms with van der Waals surface area (Å²) in [5.41, 5.74) is 4.12. The Bertz CT molecular complexity index is 454. The lowest BCUT2D eigenvalue weighted by Gasteiger charge is -2.32. The SMILES string of the molecule is CC(C)(C)OC(=O)CC(CCCB1OC(C)(C)C(C)(C)O1)C(N)=O. The second-order valence-corrected chi connectivity index (χ2v) is 8.51. The number of primary amides is 1. The third-order valence-electron chi connectivity index (χ3n) is 4.53. The molecule has 2 N–H and O–H groups in total. The van der Waals surface area contributed by atoms with E-state index < -0.39 is 23.4 Å². The molecule has 0 spiro atoms. The van der Waals surface area contributed by atoms with Crippen LogP contribution in [0.5, 0.6) is 0 Å². The minimum absolute atomic E-state index is 0.00989. The van der Waals surface area contributed by atoms with Crippen molar-refractivity contribution in [2.24, 2.45) is 11.7 Å². The molecule has 0 saturated carbocycles. The van der Waals surface area contributed by atoms with Crippen molar-refractivity contribution in [2.75, 3.05) is 0 Å². The lowest BCUT2D eigenvalue weighted by Crippen LogP contribution is -2.41. The van der Waals surface area contributed by atoms with Gasteiger partial charge < -0.3 is 19.8 Å². The third-order valence-corrected chi connectivity index (χ3v) is 4.53. The molecular weight excluding hydrogens is 309 g/mol. The Hall–Kier alpha value is -1.08. The second kappa shape index (κ2) is 7.44. The molecule has 6 nitrogen and oxygen atoms in total. The van der Waals surface area contributed by atoms with Crippen LogP contribution in [0.25, 0.3) is 0 Å². The monoisotopic (exact) mass is 341 g/mol. The van der Waals surface area contributed by atoms with E-state index in [9.17, 15) is 9.59 Å². The zero-order chi connectivity index (χ0) is 18.8. The van der Waals surface area contributed by atoms with E-state index in [2.05, 4.69) is 0 Å². The number of hydrogen-bond donors (Lipinski definition) is 1. The van der Waals surface area contributed by atoms with E-state index in [1.54, 1.807) is 20.8 Å². The molecule has 24 heavy (non-hydrogen) atoms. The molecule has 1 aliphatic rings. The van der Waals surface area contributed by atoms with Crippen molar-refractivity contribution in [3.8, 4) is 0 Å². The first-order valence-electron chi connectivity index (χ1n) is 8.60. The fraction of sp³-hybridized carbons (Fsp3) is 0.882. The van der Waals surface area contributed by atoms with Gasteiger partial charge in [0.15, 0.2) is 0 Å². The maximum absolute atomic E-state index is 11.9. The molecule has 1 fully saturated rings. The van der Waals surface area contributed by atoms with E-state index in [1.165, 1.54) is 0 Å². The van der Waals surface area contributed by atoms with Gasteiger partial charge in [-0.15, -0.1) is 0 Å². The van der Waals surface area contributed by atoms with Crippen molar-refractivity contribution in [2.45, 2.75) is 90.9 Å². The van der Waals surface area contributed by atoms with Crippen LogP contribution in [0.1, 0.15) is 67.7 Å². The van der Waals surface area contributed by atoms with E-state index >= 15 is 0 Å². The predicted molar refractivity (Wildman–Crippen MR) is 93.3 cm³/mol. The van der Waals surface area contributed by atoms with E-state index in [0.717, 1.165) is 0 Å². The molecule has 1 amide bonds. The molecule has 7 heteroatoms. The van der Waals surface area contributed by atoms with Gasteiger partial charge >= 0.3 is 13.1 Å². The standard InChI is InChI=1S/C17H32BNO5/c1-15(2,3)22-13(20)11-12(14(19)21)9-8-10-18-23-16(4,5)17(6,7)24-18/h12H,8-11H2,1-7H3,(H2,19,21). The first-order chi connectivity index (χ1) is 10.7. The number of carbonyl (C=O) groups is 2. The molecule has 1 saturated heterocycles. The maximum atomic E-state index is 11.9. The zero-order valence-corrected chi connectivity index (χ0v) is 16.1. The van der Waals surface area contributed by atoms with Gasteiger partial charge in [0.1, 0.15) is 5.60 Å². The molecule has 0 aromatic heterocycles. The fourth-order valence-electron chi connectivity index (χ4n) is 2.54. The number of amides is 1. The number of nitrogens with two attached hydrogens (primary N) is 1. The molecule has 1 aliphatic heterocycles. The second-order valence-electron chi connectivity index (χ2n) is 8.51. The van der Waals surface area contributed by atoms with Gasteiger partial charge in [0.2, 0.25) is 5.91 Å². The highest BCUT2D eigenvalue weighted by Gasteiger charge is 2.50. The molecule has 138 valence electrons. The predicted octanol–water partition coefficient (Wildman–Crippen LogP) is 2.69. The van der Waals surface area contributed by atoms with Crippen LogP contribution in [-0.2, 0) is 23.6 Å². The smallest absolute Gasteiger partial charge is 0.457 e. The topological polar surface area (TPSA) is 87.8 Å². The minimum atomic E-state index is -0.567. The lowest BCUT2D eigenvalue weighted by atomic mass is 9.80. The molecule has 0 aromatic carbocycles. The summed E-state index contributed by atoms with van der Waals surface area (Å²) in [5.74, 6) is -1.40. The van der Waals surface area contributed by atoms with Crippen molar-refractivity contribution in [1.82, 2.24) is 0 Å². The highest BCUT2D eigenvalue weighted by molar-refractivity contribution is 6.45. The van der Waals surface area contributed by atoms with Crippen LogP contribution in [0, 0.1) is 5.92 Å². The number of carbonyl (C=O) groups excluding carboxylic acids is 2. The van der Waals surface area contributed by atoms with E-state index in [0.29, 0.717) is 19.2 Å². The molecular formula is C17H32BNO5. The number of hydrogen-bond acceptors (Lipinski definition) is 5. The van der Waals surface area contributed by atoms with Crippen LogP contribution >= 0.6 is 0 Å². The molecule has 1 rings (SSSR count). The summed E-state index contributed by atoms with van der Waals surface area (Å²) in [6.45, 7) is 13.4. The van der Waals surface area contributed by atoms with Crippen LogP contribution in [0.2, 0.25) is 6.32 Å². The van der Waals surface area contributed by atoms with Crippen LogP contribution in [-0.4, -0.2) is 35.8 Å². The van der Waals surface area contributed by atoms with E-state index in [4.69, 9.17) is 19.8 Å². The number of esters is 1. The highest BCUT2D eigenvalue weighted by Crippen LogP contribution is 2.38. The van der Waals surface area contributed by atoms with Crippen molar-refractivity contribution < 1.29 is 23.6 Å². The van der Waals surface area contributed by atoms with Crippen LogP contribution in [0.15, 0.2) is 0 Å². The Morgan fingerprint density at radius 1 is 1.12 bits per heavy atom. The Balaban J connectivity index is 2.46. The molecule has 0 radical (unpaired) electrons. The van der Waals surface area contributed by atoms with Gasteiger partial charge in [-0.25, -0.2) is 0 Å². The molecule has 0 bridgehead atoms. The average molecular weight is 341 g/mol. The Morgan fingerprint density at radius 2 is 1.62 bits per heavy atom. The molecule has 0 aliphatic carbocycles. The average Bonchev–Trinajstić information content (AvgIpc) is 2.53. The normalized spacial score (nSPS) is 20.7. The number of rotatable bonds is 7. The van der Waals surface area contributed by atoms with Gasteiger partial charge in [-0.2, -0.15) is 0 Å². The van der Waals surface area contributed by atoms with Crippen molar-refractivity contribution in [3.05, 3.63) is 0 Å². The summed E-state index contributed by atoms with van der Waals surface area (Å²) in [7, 11) is -0.301. The first kappa shape index (κ1) is 21.0. The summed E-state index contributed by atoms with van der Waals surface area (Å²) in [6, 6.07) is 0. The van der Waals surface area contributed by atoms with E-state index in [-0.39, 0.29) is 24.7 Å². The van der Waals surface area contributed by atoms with Crippen LogP contribution in [0.4, 0.5) is 0 Å². The molecule has 1 heterocycles. The number of ether oxygens (including phenoxy) is 1. The van der Waals surface area contributed by atoms with Gasteiger partial charge in [-0.05, 0) is 61.2 Å². The van der Waals surface area contributed by atoms with Gasteiger partial charge in [-0.1, -0.05) is 6.42 Å². The highest BCUT2D eigenvalue weighted by atomic mass is 16.7. The summed E-state index contributed by atoms with van der Waals surface area (Å²) >= 11 is 0. The largest absolute Gasteiger partial charge is 0.460 e. The molecule has 0 aromatic rings. The Kier molecular flexibility index (Phi) is 6.50. The summed E-state index contributed by atoms with van der Waals surface area (Å²) in [5, 5.41) is 0. The Morgan fingerprint density at radius 3 is 2.04 bits per heavy atom. The zero-order valence-electron chi connectivity index (χ0n) is 16.1. The molecule has 1 unspecified atom stereocenters. The summed E-state index contributed by atoms with van der Waals surface area (Å²) in [4.78, 5) is 23.5. The van der Waals surface area contributed by atoms with Gasteiger partial charge in [0, 0.05) is 5.92 Å². The minimum Gasteiger partial charge on any atom is -0.460 e. The van der Waals surface area contributed by atoms with Crippen LogP contribution < -0.4 is 5.73 Å². The molecule has 1 atom stereocenters. The maximum Gasteiger partial charge on any atom is 0.457 e. The fourth-order valence-corrected chi connectivity index (χ4v) is 2.54. The van der Waals surface area contributed by atoms with Crippen molar-refractivity contribution in [1.29, 1.82) is 0 Å². The summed E-state index contributed by atoms with van der Waals surface area (Å²) in [6.07, 6.45) is 1.87. The van der Waals surface area contributed by atoms with Crippen molar-refractivity contribution >= 4 is 19.0 Å². The van der Waals surface area contributed by atoms with Crippen molar-refractivity contribution in [3.63, 3.8) is 0 Å².